The summed E-state index contributed by atoms with van der Waals surface area (Å²) in [7, 11) is 0. The molecule has 1 amide bonds. The first-order chi connectivity index (χ1) is 8.38. The smallest absolute Gasteiger partial charge is 0.327 e. The van der Waals surface area contributed by atoms with Crippen molar-refractivity contribution in [3.05, 3.63) is 0 Å². The van der Waals surface area contributed by atoms with Crippen molar-refractivity contribution in [3.8, 4) is 0 Å². The van der Waals surface area contributed by atoms with Gasteiger partial charge in [0.05, 0.1) is 6.61 Å². The topological polar surface area (TPSA) is 87.7 Å². The van der Waals surface area contributed by atoms with Crippen molar-refractivity contribution in [2.24, 2.45) is 5.92 Å². The third kappa shape index (κ3) is 7.24. The molecule has 3 N–H and O–H groups in total. The fourth-order valence-corrected chi connectivity index (χ4v) is 1.45. The van der Waals surface area contributed by atoms with Gasteiger partial charge in [-0.25, -0.2) is 4.79 Å². The molecule has 0 aliphatic carbocycles. The molecular formula is C12H24N2O4. The van der Waals surface area contributed by atoms with E-state index in [0.717, 1.165) is 0 Å². The normalized spacial score (nSPS) is 14.3. The standard InChI is InChI=1S/C12H24N2O4/c1-5-18-7-11(8(2)3)13-6-10(12(16)17)14-9(4)15/h8,10-11,13H,5-7H2,1-4H3,(H,14,15)(H,16,17). The van der Waals surface area contributed by atoms with Crippen LogP contribution in [0.25, 0.3) is 0 Å². The zero-order chi connectivity index (χ0) is 14.1. The summed E-state index contributed by atoms with van der Waals surface area (Å²) in [5.74, 6) is -1.07. The van der Waals surface area contributed by atoms with Crippen molar-refractivity contribution < 1.29 is 19.4 Å². The van der Waals surface area contributed by atoms with Crippen molar-refractivity contribution in [3.63, 3.8) is 0 Å². The second kappa shape index (κ2) is 8.88. The molecule has 0 rings (SSSR count). The van der Waals surface area contributed by atoms with Crippen molar-refractivity contribution in [2.45, 2.75) is 39.8 Å². The zero-order valence-corrected chi connectivity index (χ0v) is 11.5. The van der Waals surface area contributed by atoms with Crippen LogP contribution in [0.3, 0.4) is 0 Å². The summed E-state index contributed by atoms with van der Waals surface area (Å²) < 4.78 is 5.33. The first-order valence-electron chi connectivity index (χ1n) is 6.19. The predicted octanol–water partition coefficient (Wildman–Crippen LogP) is 0.226. The minimum atomic E-state index is -1.04. The minimum absolute atomic E-state index is 0.0700. The highest BCUT2D eigenvalue weighted by Gasteiger charge is 2.21. The number of carboxylic acids is 1. The summed E-state index contributed by atoms with van der Waals surface area (Å²) in [5, 5.41) is 14.5. The maximum atomic E-state index is 10.9. The van der Waals surface area contributed by atoms with E-state index in [1.165, 1.54) is 6.92 Å². The monoisotopic (exact) mass is 260 g/mol. The molecule has 0 fully saturated rings. The lowest BCUT2D eigenvalue weighted by molar-refractivity contribution is -0.141. The highest BCUT2D eigenvalue weighted by atomic mass is 16.5. The van der Waals surface area contributed by atoms with Crippen LogP contribution in [0.1, 0.15) is 27.7 Å². The number of aliphatic carboxylic acids is 1. The van der Waals surface area contributed by atoms with Crippen LogP contribution in [0.4, 0.5) is 0 Å². The Morgan fingerprint density at radius 2 is 1.94 bits per heavy atom. The summed E-state index contributed by atoms with van der Waals surface area (Å²) in [6, 6.07) is -0.842. The molecule has 0 aromatic heterocycles. The Hall–Kier alpha value is -1.14. The second-order valence-electron chi connectivity index (χ2n) is 4.51. The Morgan fingerprint density at radius 3 is 2.33 bits per heavy atom. The third-order valence-electron chi connectivity index (χ3n) is 2.57. The van der Waals surface area contributed by atoms with E-state index in [1.807, 2.05) is 20.8 Å². The molecule has 0 bridgehead atoms. The molecular weight excluding hydrogens is 236 g/mol. The van der Waals surface area contributed by atoms with Crippen molar-refractivity contribution >= 4 is 11.9 Å². The predicted molar refractivity (Wildman–Crippen MR) is 68.4 cm³/mol. The fraction of sp³-hybridized carbons (Fsp3) is 0.833. The highest BCUT2D eigenvalue weighted by molar-refractivity contribution is 5.82. The highest BCUT2D eigenvalue weighted by Crippen LogP contribution is 2.02. The van der Waals surface area contributed by atoms with E-state index in [0.29, 0.717) is 19.1 Å². The molecule has 0 spiro atoms. The average molecular weight is 260 g/mol. The van der Waals surface area contributed by atoms with Crippen LogP contribution in [0.2, 0.25) is 0 Å². The summed E-state index contributed by atoms with van der Waals surface area (Å²) in [6.45, 7) is 8.62. The largest absolute Gasteiger partial charge is 0.480 e. The van der Waals surface area contributed by atoms with E-state index in [2.05, 4.69) is 10.6 Å². The van der Waals surface area contributed by atoms with Crippen LogP contribution in [0.15, 0.2) is 0 Å². The molecule has 0 saturated heterocycles. The molecule has 2 atom stereocenters. The molecule has 0 aromatic rings. The van der Waals surface area contributed by atoms with Gasteiger partial charge in [-0.15, -0.1) is 0 Å². The number of amides is 1. The molecule has 0 heterocycles. The van der Waals surface area contributed by atoms with Crippen LogP contribution >= 0.6 is 0 Å². The minimum Gasteiger partial charge on any atom is -0.480 e. The Bertz CT molecular complexity index is 269. The van der Waals surface area contributed by atoms with Gasteiger partial charge in [0.2, 0.25) is 5.91 Å². The van der Waals surface area contributed by atoms with Gasteiger partial charge in [0.1, 0.15) is 6.04 Å². The van der Waals surface area contributed by atoms with Gasteiger partial charge in [0, 0.05) is 26.1 Å². The number of carbonyl (C=O) groups excluding carboxylic acids is 1. The lowest BCUT2D eigenvalue weighted by atomic mass is 10.1. The molecule has 0 aromatic carbocycles. The molecule has 0 saturated carbocycles. The summed E-state index contributed by atoms with van der Waals surface area (Å²) in [5.41, 5.74) is 0. The Balaban J connectivity index is 4.27. The van der Waals surface area contributed by atoms with Crippen molar-refractivity contribution in [1.29, 1.82) is 0 Å². The van der Waals surface area contributed by atoms with Crippen LogP contribution in [-0.2, 0) is 14.3 Å². The van der Waals surface area contributed by atoms with Crippen LogP contribution in [0.5, 0.6) is 0 Å². The van der Waals surface area contributed by atoms with Gasteiger partial charge in [-0.3, -0.25) is 4.79 Å². The van der Waals surface area contributed by atoms with Crippen LogP contribution in [-0.4, -0.2) is 48.8 Å². The molecule has 2 unspecified atom stereocenters. The summed E-state index contributed by atoms with van der Waals surface area (Å²) >= 11 is 0. The first-order valence-corrected chi connectivity index (χ1v) is 6.19. The van der Waals surface area contributed by atoms with Gasteiger partial charge in [0.25, 0.3) is 0 Å². The quantitative estimate of drug-likeness (QED) is 0.552. The van der Waals surface area contributed by atoms with E-state index in [1.54, 1.807) is 0 Å². The van der Waals surface area contributed by atoms with Gasteiger partial charge in [0.15, 0.2) is 0 Å². The van der Waals surface area contributed by atoms with Crippen LogP contribution in [0, 0.1) is 5.92 Å². The number of hydrogen-bond donors (Lipinski definition) is 3. The maximum absolute atomic E-state index is 10.9. The maximum Gasteiger partial charge on any atom is 0.327 e. The zero-order valence-electron chi connectivity index (χ0n) is 11.5. The summed E-state index contributed by atoms with van der Waals surface area (Å²) in [4.78, 5) is 21.8. The lowest BCUT2D eigenvalue weighted by Crippen LogP contribution is -2.50. The molecule has 6 heteroatoms. The fourth-order valence-electron chi connectivity index (χ4n) is 1.45. The number of hydrogen-bond acceptors (Lipinski definition) is 4. The lowest BCUT2D eigenvalue weighted by Gasteiger charge is -2.24. The Kier molecular flexibility index (Phi) is 8.32. The molecule has 0 aliphatic rings. The van der Waals surface area contributed by atoms with E-state index in [9.17, 15) is 9.59 Å². The number of carboxylic acid groups (broad SMARTS) is 1. The second-order valence-corrected chi connectivity index (χ2v) is 4.51. The van der Waals surface area contributed by atoms with Gasteiger partial charge >= 0.3 is 5.97 Å². The SMILES string of the molecule is CCOCC(NCC(NC(C)=O)C(=O)O)C(C)C. The van der Waals surface area contributed by atoms with E-state index >= 15 is 0 Å². The number of carbonyl (C=O) groups is 2. The van der Waals surface area contributed by atoms with Gasteiger partial charge < -0.3 is 20.5 Å². The average Bonchev–Trinajstić information content (AvgIpc) is 2.26. The summed E-state index contributed by atoms with van der Waals surface area (Å²) in [6.07, 6.45) is 0. The van der Waals surface area contributed by atoms with Gasteiger partial charge in [-0.05, 0) is 12.8 Å². The first kappa shape index (κ1) is 16.9. The van der Waals surface area contributed by atoms with E-state index < -0.39 is 12.0 Å². The number of rotatable bonds is 9. The Labute approximate surface area is 108 Å². The number of nitrogens with one attached hydrogen (secondary N) is 2. The number of ether oxygens (including phenoxy) is 1. The van der Waals surface area contributed by atoms with Crippen molar-refractivity contribution in [2.75, 3.05) is 19.8 Å². The van der Waals surface area contributed by atoms with Gasteiger partial charge in [-0.1, -0.05) is 13.8 Å². The van der Waals surface area contributed by atoms with E-state index in [-0.39, 0.29) is 18.5 Å². The molecule has 0 aliphatic heterocycles. The van der Waals surface area contributed by atoms with Crippen molar-refractivity contribution in [1.82, 2.24) is 10.6 Å². The third-order valence-corrected chi connectivity index (χ3v) is 2.57. The van der Waals surface area contributed by atoms with Gasteiger partial charge in [-0.2, -0.15) is 0 Å². The van der Waals surface area contributed by atoms with Crippen LogP contribution < -0.4 is 10.6 Å². The Morgan fingerprint density at radius 1 is 1.33 bits per heavy atom. The molecule has 6 nitrogen and oxygen atoms in total. The molecule has 0 radical (unpaired) electrons. The molecule has 106 valence electrons. The molecule has 18 heavy (non-hydrogen) atoms. The van der Waals surface area contributed by atoms with E-state index in [4.69, 9.17) is 9.84 Å².